The van der Waals surface area contributed by atoms with Crippen molar-refractivity contribution in [2.75, 3.05) is 13.2 Å². The van der Waals surface area contributed by atoms with Crippen LogP contribution in [0.25, 0.3) is 0 Å². The summed E-state index contributed by atoms with van der Waals surface area (Å²) in [6.07, 6.45) is 3.45. The third-order valence-electron chi connectivity index (χ3n) is 3.77. The second kappa shape index (κ2) is 7.25. The molecule has 0 radical (unpaired) electrons. The lowest BCUT2D eigenvalue weighted by atomic mass is 9.96. The van der Waals surface area contributed by atoms with Gasteiger partial charge >= 0.3 is 0 Å². The Bertz CT molecular complexity index is 484. The smallest absolute Gasteiger partial charge is 0.222 e. The van der Waals surface area contributed by atoms with Crippen molar-refractivity contribution >= 4 is 17.5 Å². The zero-order valence-electron chi connectivity index (χ0n) is 12.3. The van der Waals surface area contributed by atoms with Gasteiger partial charge in [0.05, 0.1) is 19.1 Å². The van der Waals surface area contributed by atoms with E-state index in [9.17, 15) is 9.90 Å². The summed E-state index contributed by atoms with van der Waals surface area (Å²) >= 11 is 6.09. The lowest BCUT2D eigenvalue weighted by Crippen LogP contribution is -2.40. The Kier molecular flexibility index (Phi) is 5.62. The Hall–Kier alpha value is -1.10. The lowest BCUT2D eigenvalue weighted by molar-refractivity contribution is -0.126. The van der Waals surface area contributed by atoms with Crippen LogP contribution in [-0.2, 0) is 15.1 Å². The van der Waals surface area contributed by atoms with Crippen molar-refractivity contribution in [1.82, 2.24) is 5.32 Å². The fourth-order valence-corrected chi connectivity index (χ4v) is 2.85. The van der Waals surface area contributed by atoms with Crippen LogP contribution in [0.15, 0.2) is 24.3 Å². The van der Waals surface area contributed by atoms with Crippen molar-refractivity contribution < 1.29 is 14.6 Å². The molecule has 0 spiro atoms. The molecule has 1 aliphatic rings. The molecule has 0 saturated carbocycles. The maximum absolute atomic E-state index is 11.9. The molecule has 1 amide bonds. The highest BCUT2D eigenvalue weighted by molar-refractivity contribution is 6.31. The van der Waals surface area contributed by atoms with Gasteiger partial charge in [0.15, 0.2) is 0 Å². The van der Waals surface area contributed by atoms with Gasteiger partial charge in [-0.1, -0.05) is 29.8 Å². The largest absolute Gasteiger partial charge is 0.384 e. The van der Waals surface area contributed by atoms with Crippen LogP contribution in [0.4, 0.5) is 0 Å². The van der Waals surface area contributed by atoms with E-state index in [0.29, 0.717) is 17.0 Å². The van der Waals surface area contributed by atoms with E-state index >= 15 is 0 Å². The van der Waals surface area contributed by atoms with Gasteiger partial charge in [-0.25, -0.2) is 0 Å². The Labute approximate surface area is 130 Å². The van der Waals surface area contributed by atoms with Gasteiger partial charge in [-0.3, -0.25) is 4.79 Å². The topological polar surface area (TPSA) is 58.6 Å². The van der Waals surface area contributed by atoms with E-state index in [4.69, 9.17) is 16.3 Å². The number of hydrogen-bond donors (Lipinski definition) is 2. The summed E-state index contributed by atoms with van der Waals surface area (Å²) in [5, 5.41) is 13.8. The van der Waals surface area contributed by atoms with E-state index in [2.05, 4.69) is 5.32 Å². The van der Waals surface area contributed by atoms with E-state index in [-0.39, 0.29) is 18.6 Å². The standard InChI is InChI=1S/C16H22ClNO3/c1-16(20,13-7-2-3-8-14(13)17)11-18-15(19)10-12-6-4-5-9-21-12/h2-3,7-8,12,20H,4-6,9-11H2,1H3,(H,18,19)/t12-,16+/m1/s1. The molecule has 2 rings (SSSR count). The highest BCUT2D eigenvalue weighted by atomic mass is 35.5. The van der Waals surface area contributed by atoms with Crippen LogP contribution in [0.2, 0.25) is 5.02 Å². The average Bonchev–Trinajstić information content (AvgIpc) is 2.47. The summed E-state index contributed by atoms with van der Waals surface area (Å²) in [6.45, 7) is 2.50. The molecule has 1 aromatic rings. The van der Waals surface area contributed by atoms with Crippen LogP contribution in [0.1, 0.15) is 38.2 Å². The number of carbonyl (C=O) groups is 1. The van der Waals surface area contributed by atoms with Crippen LogP contribution in [0, 0.1) is 0 Å². The van der Waals surface area contributed by atoms with Gasteiger partial charge in [0.25, 0.3) is 0 Å². The Morgan fingerprint density at radius 2 is 2.24 bits per heavy atom. The summed E-state index contributed by atoms with van der Waals surface area (Å²) in [5.74, 6) is -0.103. The first-order valence-electron chi connectivity index (χ1n) is 7.35. The van der Waals surface area contributed by atoms with Gasteiger partial charge in [-0.2, -0.15) is 0 Å². The normalized spacial score (nSPS) is 21.6. The molecule has 1 saturated heterocycles. The summed E-state index contributed by atoms with van der Waals surface area (Å²) in [7, 11) is 0. The number of rotatable bonds is 5. The molecule has 21 heavy (non-hydrogen) atoms. The van der Waals surface area contributed by atoms with Gasteiger partial charge in [0.2, 0.25) is 5.91 Å². The fourth-order valence-electron chi connectivity index (χ4n) is 2.51. The maximum Gasteiger partial charge on any atom is 0.222 e. The molecule has 4 nitrogen and oxygen atoms in total. The van der Waals surface area contributed by atoms with E-state index in [0.717, 1.165) is 25.9 Å². The Morgan fingerprint density at radius 1 is 1.48 bits per heavy atom. The summed E-state index contributed by atoms with van der Waals surface area (Å²) in [5.41, 5.74) is -0.581. The second-order valence-electron chi connectivity index (χ2n) is 5.72. The Balaban J connectivity index is 1.86. The third-order valence-corrected chi connectivity index (χ3v) is 4.10. The molecule has 0 unspecified atom stereocenters. The van der Waals surface area contributed by atoms with Crippen molar-refractivity contribution in [3.05, 3.63) is 34.9 Å². The van der Waals surface area contributed by atoms with Crippen molar-refractivity contribution in [2.45, 2.75) is 44.3 Å². The van der Waals surface area contributed by atoms with Gasteiger partial charge in [0.1, 0.15) is 5.60 Å². The lowest BCUT2D eigenvalue weighted by Gasteiger charge is -2.26. The Morgan fingerprint density at radius 3 is 2.90 bits per heavy atom. The molecule has 2 N–H and O–H groups in total. The van der Waals surface area contributed by atoms with Gasteiger partial charge in [-0.15, -0.1) is 0 Å². The summed E-state index contributed by atoms with van der Waals surface area (Å²) in [4.78, 5) is 11.9. The molecule has 1 heterocycles. The molecule has 1 aromatic carbocycles. The number of hydrogen-bond acceptors (Lipinski definition) is 3. The zero-order valence-corrected chi connectivity index (χ0v) is 13.0. The molecule has 2 atom stereocenters. The molecule has 1 aliphatic heterocycles. The number of benzene rings is 1. The summed E-state index contributed by atoms with van der Waals surface area (Å²) < 4.78 is 5.54. The molecule has 0 bridgehead atoms. The number of amides is 1. The molecular formula is C16H22ClNO3. The van der Waals surface area contributed by atoms with Crippen LogP contribution < -0.4 is 5.32 Å². The number of aliphatic hydroxyl groups is 1. The minimum Gasteiger partial charge on any atom is -0.384 e. The van der Waals surface area contributed by atoms with E-state index in [1.54, 1.807) is 25.1 Å². The average molecular weight is 312 g/mol. The number of nitrogens with one attached hydrogen (secondary N) is 1. The fraction of sp³-hybridized carbons (Fsp3) is 0.562. The SMILES string of the molecule is C[C@](O)(CNC(=O)C[C@H]1CCCCO1)c1ccccc1Cl. The first kappa shape index (κ1) is 16.3. The predicted molar refractivity (Wildman–Crippen MR) is 82.2 cm³/mol. The first-order chi connectivity index (χ1) is 9.99. The van der Waals surface area contributed by atoms with Crippen molar-refractivity contribution in [3.8, 4) is 0 Å². The first-order valence-corrected chi connectivity index (χ1v) is 7.72. The van der Waals surface area contributed by atoms with Crippen molar-refractivity contribution in [1.29, 1.82) is 0 Å². The third kappa shape index (κ3) is 4.70. The number of carbonyl (C=O) groups excluding carboxylic acids is 1. The minimum absolute atomic E-state index is 0.00372. The number of ether oxygens (including phenoxy) is 1. The minimum atomic E-state index is -1.19. The van der Waals surface area contributed by atoms with Gasteiger partial charge in [0, 0.05) is 17.2 Å². The summed E-state index contributed by atoms with van der Waals surface area (Å²) in [6, 6.07) is 7.11. The molecule has 1 fully saturated rings. The number of halogens is 1. The van der Waals surface area contributed by atoms with Crippen LogP contribution >= 0.6 is 11.6 Å². The maximum atomic E-state index is 11.9. The predicted octanol–water partition coefficient (Wildman–Crippen LogP) is 2.62. The van der Waals surface area contributed by atoms with Crippen LogP contribution in [0.5, 0.6) is 0 Å². The van der Waals surface area contributed by atoms with Crippen molar-refractivity contribution in [2.24, 2.45) is 0 Å². The van der Waals surface area contributed by atoms with E-state index in [1.165, 1.54) is 0 Å². The molecule has 0 aliphatic carbocycles. The van der Waals surface area contributed by atoms with Crippen LogP contribution in [0.3, 0.4) is 0 Å². The molecule has 5 heteroatoms. The van der Waals surface area contributed by atoms with Crippen LogP contribution in [-0.4, -0.2) is 30.3 Å². The van der Waals surface area contributed by atoms with E-state index in [1.807, 2.05) is 6.07 Å². The highest BCUT2D eigenvalue weighted by Gasteiger charge is 2.26. The van der Waals surface area contributed by atoms with Gasteiger partial charge in [-0.05, 0) is 32.3 Å². The quantitative estimate of drug-likeness (QED) is 0.879. The molecular weight excluding hydrogens is 290 g/mol. The van der Waals surface area contributed by atoms with Gasteiger partial charge < -0.3 is 15.2 Å². The zero-order chi connectivity index (χ0) is 15.3. The molecule has 116 valence electrons. The van der Waals surface area contributed by atoms with Crippen molar-refractivity contribution in [3.63, 3.8) is 0 Å². The molecule has 0 aromatic heterocycles. The second-order valence-corrected chi connectivity index (χ2v) is 6.13. The highest BCUT2D eigenvalue weighted by Crippen LogP contribution is 2.27. The monoisotopic (exact) mass is 311 g/mol. The van der Waals surface area contributed by atoms with E-state index < -0.39 is 5.60 Å².